The summed E-state index contributed by atoms with van der Waals surface area (Å²) in [7, 11) is 1.33. The zero-order chi connectivity index (χ0) is 29.1. The Hall–Kier alpha value is -3.24. The number of unbranched alkanes of at least 4 members (excludes halogenated alkanes) is 1. The van der Waals surface area contributed by atoms with Crippen LogP contribution in [0.5, 0.6) is 5.75 Å². The number of methoxy groups -OCH3 is 1. The number of amides is 1. The molecule has 3 rings (SSSR count). The number of aromatic nitrogens is 1. The number of fused-ring (bicyclic) bond motifs is 1. The summed E-state index contributed by atoms with van der Waals surface area (Å²) >= 11 is 0. The van der Waals surface area contributed by atoms with E-state index in [2.05, 4.69) is 27.7 Å². The minimum atomic E-state index is -1.19. The number of benzene rings is 1. The van der Waals surface area contributed by atoms with Crippen molar-refractivity contribution in [1.29, 1.82) is 0 Å². The van der Waals surface area contributed by atoms with Crippen LogP contribution in [0.15, 0.2) is 30.3 Å². The number of hydrogen-bond acceptors (Lipinski definition) is 7. The van der Waals surface area contributed by atoms with Crippen LogP contribution in [0.25, 0.3) is 0 Å². The highest BCUT2D eigenvalue weighted by molar-refractivity contribution is 5.99. The molecule has 1 aromatic heterocycles. The van der Waals surface area contributed by atoms with E-state index in [0.717, 1.165) is 62.8 Å². The highest BCUT2D eigenvalue weighted by Crippen LogP contribution is 2.22. The Kier molecular flexibility index (Phi) is 11.7. The third-order valence-corrected chi connectivity index (χ3v) is 6.81. The Bertz CT molecular complexity index is 1140. The molecule has 0 saturated carbocycles. The average molecular weight is 559 g/mol. The number of hydrogen-bond donors (Lipinski definition) is 3. The van der Waals surface area contributed by atoms with Crippen molar-refractivity contribution in [2.75, 3.05) is 45.2 Å². The van der Waals surface area contributed by atoms with Crippen LogP contribution >= 0.6 is 0 Å². The van der Waals surface area contributed by atoms with Gasteiger partial charge in [0, 0.05) is 25.3 Å². The molecule has 2 heterocycles. The van der Waals surface area contributed by atoms with E-state index in [1.54, 1.807) is 0 Å². The molecule has 220 valence electrons. The molecule has 0 spiro atoms. The molecule has 0 fully saturated rings. The molecule has 3 N–H and O–H groups in total. The lowest BCUT2D eigenvalue weighted by atomic mass is 10.1. The zero-order valence-electron chi connectivity index (χ0n) is 24.1. The van der Waals surface area contributed by atoms with Crippen molar-refractivity contribution >= 4 is 17.7 Å². The van der Waals surface area contributed by atoms with E-state index in [9.17, 15) is 19.1 Å². The second kappa shape index (κ2) is 14.9. The molecule has 0 bridgehead atoms. The highest BCUT2D eigenvalue weighted by Gasteiger charge is 2.25. The van der Waals surface area contributed by atoms with Crippen LogP contribution in [0.4, 0.5) is 10.2 Å². The summed E-state index contributed by atoms with van der Waals surface area (Å²) < 4.78 is 25.3. The van der Waals surface area contributed by atoms with Gasteiger partial charge in [0.2, 0.25) is 0 Å². The number of carboxylic acids is 1. The fourth-order valence-electron chi connectivity index (χ4n) is 4.66. The normalized spacial score (nSPS) is 13.8. The van der Waals surface area contributed by atoms with Crippen LogP contribution in [0.1, 0.15) is 68.1 Å². The number of aryl methyl sites for hydroxylation is 2. The van der Waals surface area contributed by atoms with Crippen LogP contribution in [-0.4, -0.2) is 78.4 Å². The Morgan fingerprint density at radius 1 is 1.18 bits per heavy atom. The van der Waals surface area contributed by atoms with Gasteiger partial charge in [0.1, 0.15) is 29.0 Å². The molecule has 2 aromatic rings. The van der Waals surface area contributed by atoms with E-state index in [1.165, 1.54) is 24.8 Å². The maximum atomic E-state index is 14.3. The molecule has 10 heteroatoms. The first-order valence-corrected chi connectivity index (χ1v) is 14.0. The molecule has 1 aliphatic rings. The van der Waals surface area contributed by atoms with Gasteiger partial charge in [0.25, 0.3) is 5.91 Å². The fraction of sp³-hybridized carbons (Fsp3) is 0.567. The van der Waals surface area contributed by atoms with E-state index in [0.29, 0.717) is 19.7 Å². The molecule has 40 heavy (non-hydrogen) atoms. The Labute approximate surface area is 236 Å². The first-order valence-electron chi connectivity index (χ1n) is 14.0. The van der Waals surface area contributed by atoms with E-state index in [4.69, 9.17) is 14.5 Å². The standard InChI is InChI=1S/C30H43FN4O5/c1-30(2,3)40-20-19-35(17-6-5-10-22-14-13-21-9-8-16-32-27(21)33-22)18-15-24(29(37)38)34-28(36)26-23(31)11-7-12-25(26)39-4/h7,11-14,24H,5-6,8-10,15-20H2,1-4H3,(H,32,33)(H,34,36)(H,37,38). The summed E-state index contributed by atoms with van der Waals surface area (Å²) in [6.07, 6.45) is 5.05. The van der Waals surface area contributed by atoms with Gasteiger partial charge in [-0.3, -0.25) is 4.79 Å². The average Bonchev–Trinajstić information content (AvgIpc) is 2.91. The van der Waals surface area contributed by atoms with Crippen LogP contribution in [0, 0.1) is 5.82 Å². The third-order valence-electron chi connectivity index (χ3n) is 6.81. The van der Waals surface area contributed by atoms with Crippen LogP contribution in [0.3, 0.4) is 0 Å². The Morgan fingerprint density at radius 2 is 1.98 bits per heavy atom. The lowest BCUT2D eigenvalue weighted by Crippen LogP contribution is -2.44. The van der Waals surface area contributed by atoms with Crippen molar-refractivity contribution in [2.45, 2.75) is 70.9 Å². The van der Waals surface area contributed by atoms with Crippen molar-refractivity contribution in [1.82, 2.24) is 15.2 Å². The molecule has 1 aromatic carbocycles. The third kappa shape index (κ3) is 9.75. The van der Waals surface area contributed by atoms with Gasteiger partial charge in [-0.25, -0.2) is 14.2 Å². The van der Waals surface area contributed by atoms with E-state index in [-0.39, 0.29) is 23.3 Å². The number of carboxylic acid groups (broad SMARTS) is 1. The number of nitrogens with zero attached hydrogens (tertiary/aromatic N) is 2. The van der Waals surface area contributed by atoms with Gasteiger partial charge >= 0.3 is 5.97 Å². The van der Waals surface area contributed by atoms with E-state index >= 15 is 0 Å². The molecule has 9 nitrogen and oxygen atoms in total. The predicted molar refractivity (Wildman–Crippen MR) is 153 cm³/mol. The summed E-state index contributed by atoms with van der Waals surface area (Å²) in [5.41, 5.74) is 1.74. The Morgan fingerprint density at radius 3 is 2.70 bits per heavy atom. The summed E-state index contributed by atoms with van der Waals surface area (Å²) in [6.45, 7) is 9.23. The monoisotopic (exact) mass is 558 g/mol. The molecule has 0 saturated heterocycles. The second-order valence-corrected chi connectivity index (χ2v) is 11.1. The van der Waals surface area contributed by atoms with Crippen molar-refractivity contribution in [3.8, 4) is 5.75 Å². The molecule has 0 radical (unpaired) electrons. The molecule has 1 unspecified atom stereocenters. The zero-order valence-corrected chi connectivity index (χ0v) is 24.1. The van der Waals surface area contributed by atoms with Gasteiger partial charge in [0.15, 0.2) is 0 Å². The number of ether oxygens (including phenoxy) is 2. The largest absolute Gasteiger partial charge is 0.496 e. The number of carbonyl (C=O) groups is 2. The first kappa shape index (κ1) is 31.3. The quantitative estimate of drug-likeness (QED) is 0.278. The summed E-state index contributed by atoms with van der Waals surface area (Å²) in [5.74, 6) is -1.73. The fourth-order valence-corrected chi connectivity index (χ4v) is 4.66. The SMILES string of the molecule is COc1cccc(F)c1C(=O)NC(CCN(CCCCc1ccc2c(n1)NCCC2)CCOC(C)(C)C)C(=O)O. The van der Waals surface area contributed by atoms with Gasteiger partial charge < -0.3 is 30.1 Å². The molecule has 1 aliphatic heterocycles. The van der Waals surface area contributed by atoms with Gasteiger partial charge in [0.05, 0.1) is 19.3 Å². The maximum absolute atomic E-state index is 14.3. The number of anilines is 1. The van der Waals surface area contributed by atoms with Crippen LogP contribution in [-0.2, 0) is 22.4 Å². The maximum Gasteiger partial charge on any atom is 0.326 e. The number of rotatable bonds is 15. The number of pyridine rings is 1. The number of aliphatic carboxylic acids is 1. The van der Waals surface area contributed by atoms with Crippen molar-refractivity contribution in [3.05, 3.63) is 53.0 Å². The van der Waals surface area contributed by atoms with E-state index in [1.807, 2.05) is 20.8 Å². The lowest BCUT2D eigenvalue weighted by Gasteiger charge is -2.27. The van der Waals surface area contributed by atoms with Gasteiger partial charge in [-0.1, -0.05) is 12.1 Å². The van der Waals surface area contributed by atoms with Gasteiger partial charge in [-0.05, 0) is 89.6 Å². The second-order valence-electron chi connectivity index (χ2n) is 11.1. The van der Waals surface area contributed by atoms with Crippen molar-refractivity contribution < 1.29 is 28.6 Å². The number of carbonyl (C=O) groups excluding carboxylic acids is 1. The summed E-state index contributed by atoms with van der Waals surface area (Å²) in [4.78, 5) is 31.7. The first-order chi connectivity index (χ1) is 19.1. The minimum Gasteiger partial charge on any atom is -0.496 e. The molecular formula is C30H43FN4O5. The van der Waals surface area contributed by atoms with E-state index < -0.39 is 23.7 Å². The van der Waals surface area contributed by atoms with Crippen LogP contribution in [0.2, 0.25) is 0 Å². The van der Waals surface area contributed by atoms with Crippen molar-refractivity contribution in [2.24, 2.45) is 0 Å². The lowest BCUT2D eigenvalue weighted by molar-refractivity contribution is -0.139. The van der Waals surface area contributed by atoms with Gasteiger partial charge in [-0.2, -0.15) is 0 Å². The molecule has 0 aliphatic carbocycles. The predicted octanol–water partition coefficient (Wildman–Crippen LogP) is 4.30. The smallest absolute Gasteiger partial charge is 0.326 e. The van der Waals surface area contributed by atoms with Crippen molar-refractivity contribution in [3.63, 3.8) is 0 Å². The molecular weight excluding hydrogens is 515 g/mol. The molecule has 1 atom stereocenters. The Balaban J connectivity index is 1.56. The number of nitrogens with one attached hydrogen (secondary N) is 2. The minimum absolute atomic E-state index is 0.0480. The van der Waals surface area contributed by atoms with Crippen LogP contribution < -0.4 is 15.4 Å². The highest BCUT2D eigenvalue weighted by atomic mass is 19.1. The number of halogens is 1. The summed E-state index contributed by atoms with van der Waals surface area (Å²) in [5, 5.41) is 15.6. The topological polar surface area (TPSA) is 113 Å². The summed E-state index contributed by atoms with van der Waals surface area (Å²) in [6, 6.07) is 7.11. The van der Waals surface area contributed by atoms with Gasteiger partial charge in [-0.15, -0.1) is 0 Å². The molecule has 1 amide bonds.